The predicted molar refractivity (Wildman–Crippen MR) is 114 cm³/mol. The van der Waals surface area contributed by atoms with Gasteiger partial charge in [-0.25, -0.2) is 4.79 Å². The number of fused-ring (bicyclic) bond motifs is 1. The molecule has 0 aliphatic carbocycles. The number of aryl methyl sites for hydroxylation is 1. The first kappa shape index (κ1) is 19.7. The quantitative estimate of drug-likeness (QED) is 0.236. The topological polar surface area (TPSA) is 74.8 Å². The number of hydrogen-bond acceptors (Lipinski definition) is 5. The van der Waals surface area contributed by atoms with Crippen LogP contribution in [0.25, 0.3) is 11.0 Å². The molecule has 0 saturated heterocycles. The van der Waals surface area contributed by atoms with Crippen LogP contribution in [0.4, 0.5) is 5.69 Å². The van der Waals surface area contributed by atoms with Crippen LogP contribution in [0.15, 0.2) is 62.8 Å². The second-order valence-corrected chi connectivity index (χ2v) is 6.95. The van der Waals surface area contributed by atoms with Crippen molar-refractivity contribution in [2.75, 3.05) is 5.43 Å². The third-order valence-corrected chi connectivity index (χ3v) is 4.75. The van der Waals surface area contributed by atoms with Gasteiger partial charge in [-0.15, -0.1) is 0 Å². The third kappa shape index (κ3) is 4.80. The van der Waals surface area contributed by atoms with E-state index in [-0.39, 0.29) is 5.75 Å². The van der Waals surface area contributed by atoms with E-state index in [0.717, 1.165) is 35.9 Å². The first-order chi connectivity index (χ1) is 13.6. The van der Waals surface area contributed by atoms with Crippen LogP contribution in [-0.4, -0.2) is 10.8 Å². The summed E-state index contributed by atoms with van der Waals surface area (Å²) in [5.74, 6) is 0.177. The number of para-hydroxylation sites is 1. The van der Waals surface area contributed by atoms with Crippen LogP contribution < -0.4 is 11.1 Å². The summed E-state index contributed by atoms with van der Waals surface area (Å²) >= 11 is 0. The Morgan fingerprint density at radius 2 is 1.89 bits per heavy atom. The summed E-state index contributed by atoms with van der Waals surface area (Å²) in [6.07, 6.45) is 5.34. The fourth-order valence-electron chi connectivity index (χ4n) is 3.12. The Hall–Kier alpha value is -3.08. The molecule has 5 nitrogen and oxygen atoms in total. The van der Waals surface area contributed by atoms with E-state index < -0.39 is 5.63 Å². The largest absolute Gasteiger partial charge is 0.508 e. The summed E-state index contributed by atoms with van der Waals surface area (Å²) in [5, 5.41) is 15.3. The van der Waals surface area contributed by atoms with E-state index in [1.54, 1.807) is 13.0 Å². The normalized spacial score (nSPS) is 11.7. The van der Waals surface area contributed by atoms with Gasteiger partial charge in [-0.3, -0.25) is 5.43 Å². The molecule has 0 unspecified atom stereocenters. The molecule has 3 rings (SSSR count). The molecule has 2 aromatic carbocycles. The SMILES string of the molecule is CCCCCCc1cc2cc(/C(C)=N/Nc3ccccc3)c(=O)oc2cc1O. The van der Waals surface area contributed by atoms with E-state index in [2.05, 4.69) is 17.5 Å². The molecule has 3 aromatic rings. The third-order valence-electron chi connectivity index (χ3n) is 4.75. The zero-order valence-corrected chi connectivity index (χ0v) is 16.4. The molecule has 0 fully saturated rings. The van der Waals surface area contributed by atoms with Crippen LogP contribution in [0, 0.1) is 0 Å². The lowest BCUT2D eigenvalue weighted by Crippen LogP contribution is -2.13. The lowest BCUT2D eigenvalue weighted by Gasteiger charge is -2.08. The molecule has 0 saturated carbocycles. The highest BCUT2D eigenvalue weighted by atomic mass is 16.4. The van der Waals surface area contributed by atoms with Crippen LogP contribution in [0.5, 0.6) is 5.75 Å². The number of nitrogens with one attached hydrogen (secondary N) is 1. The number of hydrogen-bond donors (Lipinski definition) is 2. The number of benzene rings is 2. The van der Waals surface area contributed by atoms with Crippen molar-refractivity contribution in [1.82, 2.24) is 0 Å². The molecular formula is C23H26N2O3. The standard InChI is InChI=1S/C23H26N2O3/c1-3-4-5-7-10-17-13-18-14-20(23(27)28-22(18)15-21(17)26)16(2)24-25-19-11-8-6-9-12-19/h6,8-9,11-15,25-26H,3-5,7,10H2,1-2H3/b24-16+. The number of phenols is 1. The average molecular weight is 378 g/mol. The Kier molecular flexibility index (Phi) is 6.48. The molecular weight excluding hydrogens is 352 g/mol. The second kappa shape index (κ2) is 9.22. The Morgan fingerprint density at radius 3 is 2.64 bits per heavy atom. The fraction of sp³-hybridized carbons (Fsp3) is 0.304. The van der Waals surface area contributed by atoms with Gasteiger partial charge in [0.1, 0.15) is 11.3 Å². The van der Waals surface area contributed by atoms with Crippen molar-refractivity contribution in [2.24, 2.45) is 5.10 Å². The molecule has 0 aliphatic rings. The highest BCUT2D eigenvalue weighted by molar-refractivity contribution is 6.01. The van der Waals surface area contributed by atoms with E-state index in [1.165, 1.54) is 18.9 Å². The molecule has 0 amide bonds. The van der Waals surface area contributed by atoms with Gasteiger partial charge in [-0.2, -0.15) is 5.10 Å². The maximum Gasteiger partial charge on any atom is 0.345 e. The predicted octanol–water partition coefficient (Wildman–Crippen LogP) is 5.46. The zero-order chi connectivity index (χ0) is 19.9. The molecule has 5 heteroatoms. The number of nitrogens with zero attached hydrogens (tertiary/aromatic N) is 1. The lowest BCUT2D eigenvalue weighted by molar-refractivity contribution is 0.464. The maximum atomic E-state index is 12.4. The Morgan fingerprint density at radius 1 is 1.11 bits per heavy atom. The first-order valence-electron chi connectivity index (χ1n) is 9.74. The van der Waals surface area contributed by atoms with Crippen molar-refractivity contribution < 1.29 is 9.52 Å². The minimum Gasteiger partial charge on any atom is -0.508 e. The molecule has 0 aliphatic heterocycles. The van der Waals surface area contributed by atoms with E-state index in [0.29, 0.717) is 16.9 Å². The van der Waals surface area contributed by atoms with Gasteiger partial charge in [-0.1, -0.05) is 44.4 Å². The van der Waals surface area contributed by atoms with Crippen molar-refractivity contribution in [3.05, 3.63) is 70.1 Å². The van der Waals surface area contributed by atoms with Gasteiger partial charge in [0.15, 0.2) is 0 Å². The van der Waals surface area contributed by atoms with Gasteiger partial charge in [-0.05, 0) is 49.6 Å². The molecule has 1 heterocycles. The number of anilines is 1. The molecule has 0 spiro atoms. The summed E-state index contributed by atoms with van der Waals surface area (Å²) in [6.45, 7) is 3.94. The summed E-state index contributed by atoms with van der Waals surface area (Å²) in [7, 11) is 0. The monoisotopic (exact) mass is 378 g/mol. The minimum absolute atomic E-state index is 0.177. The van der Waals surface area contributed by atoms with Gasteiger partial charge < -0.3 is 9.52 Å². The van der Waals surface area contributed by atoms with E-state index in [1.807, 2.05) is 36.4 Å². The summed E-state index contributed by atoms with van der Waals surface area (Å²) in [5.41, 5.74) is 5.51. The van der Waals surface area contributed by atoms with Crippen LogP contribution in [0.3, 0.4) is 0 Å². The molecule has 2 N–H and O–H groups in total. The number of hydrazone groups is 1. The second-order valence-electron chi connectivity index (χ2n) is 6.95. The number of aromatic hydroxyl groups is 1. The van der Waals surface area contributed by atoms with E-state index in [9.17, 15) is 9.90 Å². The van der Waals surface area contributed by atoms with Crippen LogP contribution in [-0.2, 0) is 6.42 Å². The van der Waals surface area contributed by atoms with Gasteiger partial charge in [0.25, 0.3) is 0 Å². The summed E-state index contributed by atoms with van der Waals surface area (Å²) in [6, 6.07) is 14.8. The molecule has 0 atom stereocenters. The fourth-order valence-corrected chi connectivity index (χ4v) is 3.12. The van der Waals surface area contributed by atoms with Gasteiger partial charge in [0.05, 0.1) is 17.0 Å². The number of unbranched alkanes of at least 4 members (excludes halogenated alkanes) is 3. The van der Waals surface area contributed by atoms with Crippen LogP contribution >= 0.6 is 0 Å². The lowest BCUT2D eigenvalue weighted by atomic mass is 10.0. The summed E-state index contributed by atoms with van der Waals surface area (Å²) in [4.78, 5) is 12.4. The highest BCUT2D eigenvalue weighted by Crippen LogP contribution is 2.26. The molecule has 28 heavy (non-hydrogen) atoms. The Labute approximate surface area is 164 Å². The van der Waals surface area contributed by atoms with E-state index >= 15 is 0 Å². The number of rotatable bonds is 8. The van der Waals surface area contributed by atoms with Crippen molar-refractivity contribution in [3.8, 4) is 5.75 Å². The van der Waals surface area contributed by atoms with Crippen molar-refractivity contribution >= 4 is 22.4 Å². The molecule has 146 valence electrons. The highest BCUT2D eigenvalue weighted by Gasteiger charge is 2.12. The van der Waals surface area contributed by atoms with Gasteiger partial charge in [0, 0.05) is 11.5 Å². The zero-order valence-electron chi connectivity index (χ0n) is 16.4. The van der Waals surface area contributed by atoms with Crippen molar-refractivity contribution in [3.63, 3.8) is 0 Å². The van der Waals surface area contributed by atoms with Crippen LogP contribution in [0.2, 0.25) is 0 Å². The Bertz CT molecular complexity index is 1020. The molecule has 1 aromatic heterocycles. The molecule has 0 bridgehead atoms. The molecule has 0 radical (unpaired) electrons. The maximum absolute atomic E-state index is 12.4. The first-order valence-corrected chi connectivity index (χ1v) is 9.74. The van der Waals surface area contributed by atoms with Crippen LogP contribution in [0.1, 0.15) is 50.7 Å². The Balaban J connectivity index is 1.87. The minimum atomic E-state index is -0.473. The average Bonchev–Trinajstić information content (AvgIpc) is 2.70. The van der Waals surface area contributed by atoms with E-state index in [4.69, 9.17) is 4.42 Å². The smallest absolute Gasteiger partial charge is 0.345 e. The van der Waals surface area contributed by atoms with Gasteiger partial charge >= 0.3 is 5.63 Å². The van der Waals surface area contributed by atoms with Gasteiger partial charge in [0.2, 0.25) is 0 Å². The van der Waals surface area contributed by atoms with Crippen molar-refractivity contribution in [2.45, 2.75) is 46.0 Å². The van der Waals surface area contributed by atoms with Crippen molar-refractivity contribution in [1.29, 1.82) is 0 Å². The summed E-state index contributed by atoms with van der Waals surface area (Å²) < 4.78 is 5.42. The number of phenolic OH excluding ortho intramolecular Hbond substituents is 1.